The SMILES string of the molecule is O=C(Nc1cccnc1)[C@@H]1C[C@@H]2OCC[C@@H]2N(C(=O)c2ccncc2)C1. The summed E-state index contributed by atoms with van der Waals surface area (Å²) in [5.74, 6) is -0.508. The molecule has 0 aromatic carbocycles. The van der Waals surface area contributed by atoms with E-state index in [0.29, 0.717) is 30.8 Å². The van der Waals surface area contributed by atoms with E-state index in [1.807, 2.05) is 0 Å². The first-order valence-corrected chi connectivity index (χ1v) is 8.76. The van der Waals surface area contributed by atoms with Crippen molar-refractivity contribution in [2.45, 2.75) is 25.0 Å². The number of likely N-dealkylation sites (tertiary alicyclic amines) is 1. The van der Waals surface area contributed by atoms with Crippen LogP contribution in [0.5, 0.6) is 0 Å². The summed E-state index contributed by atoms with van der Waals surface area (Å²) in [5.41, 5.74) is 1.23. The van der Waals surface area contributed by atoms with Crippen LogP contribution in [0.15, 0.2) is 49.1 Å². The van der Waals surface area contributed by atoms with Crippen molar-refractivity contribution in [1.82, 2.24) is 14.9 Å². The van der Waals surface area contributed by atoms with Crippen molar-refractivity contribution in [2.24, 2.45) is 5.92 Å². The number of ether oxygens (including phenoxy) is 1. The van der Waals surface area contributed by atoms with Gasteiger partial charge in [0.15, 0.2) is 0 Å². The second-order valence-corrected chi connectivity index (χ2v) is 6.62. The fraction of sp³-hybridized carbons (Fsp3) is 0.368. The fourth-order valence-electron chi connectivity index (χ4n) is 3.71. The summed E-state index contributed by atoms with van der Waals surface area (Å²) in [5, 5.41) is 2.89. The van der Waals surface area contributed by atoms with Crippen LogP contribution in [0.2, 0.25) is 0 Å². The third kappa shape index (κ3) is 3.30. The van der Waals surface area contributed by atoms with Gasteiger partial charge in [0.05, 0.1) is 29.9 Å². The Labute approximate surface area is 151 Å². The molecule has 0 saturated carbocycles. The average molecular weight is 352 g/mol. The van der Waals surface area contributed by atoms with Gasteiger partial charge in [-0.1, -0.05) is 0 Å². The summed E-state index contributed by atoms with van der Waals surface area (Å²) < 4.78 is 5.81. The molecule has 0 aliphatic carbocycles. The zero-order valence-electron chi connectivity index (χ0n) is 14.2. The van der Waals surface area contributed by atoms with Gasteiger partial charge < -0.3 is 15.0 Å². The van der Waals surface area contributed by atoms with Crippen LogP contribution in [0, 0.1) is 5.92 Å². The zero-order valence-corrected chi connectivity index (χ0v) is 14.2. The summed E-state index contributed by atoms with van der Waals surface area (Å²) in [6.45, 7) is 1.00. The molecule has 26 heavy (non-hydrogen) atoms. The van der Waals surface area contributed by atoms with Crippen LogP contribution in [-0.2, 0) is 9.53 Å². The predicted octanol–water partition coefficient (Wildman–Crippen LogP) is 1.73. The van der Waals surface area contributed by atoms with E-state index in [1.54, 1.807) is 54.0 Å². The van der Waals surface area contributed by atoms with E-state index in [4.69, 9.17) is 4.74 Å². The highest BCUT2D eigenvalue weighted by molar-refractivity contribution is 5.96. The van der Waals surface area contributed by atoms with Gasteiger partial charge >= 0.3 is 0 Å². The lowest BCUT2D eigenvalue weighted by Gasteiger charge is -2.40. The summed E-state index contributed by atoms with van der Waals surface area (Å²) in [7, 11) is 0. The monoisotopic (exact) mass is 352 g/mol. The largest absolute Gasteiger partial charge is 0.376 e. The highest BCUT2D eigenvalue weighted by Gasteiger charge is 2.44. The molecule has 2 amide bonds. The van der Waals surface area contributed by atoms with Gasteiger partial charge in [-0.3, -0.25) is 19.6 Å². The first kappa shape index (κ1) is 16.7. The molecule has 3 atom stereocenters. The Morgan fingerprint density at radius 1 is 1.15 bits per heavy atom. The van der Waals surface area contributed by atoms with Gasteiger partial charge in [-0.2, -0.15) is 0 Å². The normalized spacial score (nSPS) is 24.8. The average Bonchev–Trinajstić information content (AvgIpc) is 3.17. The fourth-order valence-corrected chi connectivity index (χ4v) is 3.71. The standard InChI is InChI=1S/C19H20N4O3/c24-18(22-15-2-1-6-21-11-15)14-10-17-16(5-9-26-17)23(12-14)19(25)13-3-7-20-8-4-13/h1-4,6-8,11,14,16-17H,5,9-10,12H2,(H,22,24)/t14-,16+,17+/m1/s1. The Hall–Kier alpha value is -2.80. The maximum atomic E-state index is 13.0. The number of pyridine rings is 2. The lowest BCUT2D eigenvalue weighted by Crippen LogP contribution is -2.54. The molecule has 0 bridgehead atoms. The molecule has 7 heteroatoms. The van der Waals surface area contributed by atoms with Gasteiger partial charge in [-0.25, -0.2) is 0 Å². The van der Waals surface area contributed by atoms with Gasteiger partial charge in [-0.15, -0.1) is 0 Å². The number of amides is 2. The molecule has 134 valence electrons. The van der Waals surface area contributed by atoms with Gasteiger partial charge in [0, 0.05) is 37.3 Å². The minimum Gasteiger partial charge on any atom is -0.376 e. The zero-order chi connectivity index (χ0) is 17.9. The lowest BCUT2D eigenvalue weighted by molar-refractivity contribution is -0.123. The van der Waals surface area contributed by atoms with Gasteiger partial charge in [0.2, 0.25) is 5.91 Å². The molecule has 2 aromatic heterocycles. The Morgan fingerprint density at radius 3 is 2.77 bits per heavy atom. The lowest BCUT2D eigenvalue weighted by atomic mass is 9.89. The molecule has 1 N–H and O–H groups in total. The molecule has 2 aliphatic heterocycles. The van der Waals surface area contributed by atoms with E-state index in [2.05, 4.69) is 15.3 Å². The van der Waals surface area contributed by atoms with Crippen LogP contribution in [0.4, 0.5) is 5.69 Å². The van der Waals surface area contributed by atoms with E-state index in [0.717, 1.165) is 6.42 Å². The van der Waals surface area contributed by atoms with Crippen LogP contribution in [0.1, 0.15) is 23.2 Å². The predicted molar refractivity (Wildman–Crippen MR) is 94.4 cm³/mol. The number of aromatic nitrogens is 2. The number of nitrogens with one attached hydrogen (secondary N) is 1. The van der Waals surface area contributed by atoms with Crippen molar-refractivity contribution in [3.63, 3.8) is 0 Å². The highest BCUT2D eigenvalue weighted by Crippen LogP contribution is 2.32. The number of carbonyl (C=O) groups is 2. The van der Waals surface area contributed by atoms with Crippen LogP contribution < -0.4 is 5.32 Å². The van der Waals surface area contributed by atoms with Crippen molar-refractivity contribution in [3.8, 4) is 0 Å². The van der Waals surface area contributed by atoms with E-state index >= 15 is 0 Å². The summed E-state index contributed by atoms with van der Waals surface area (Å²) >= 11 is 0. The molecule has 2 aromatic rings. The number of carbonyl (C=O) groups excluding carboxylic acids is 2. The Kier molecular flexibility index (Phi) is 4.62. The first-order chi connectivity index (χ1) is 12.7. The molecule has 7 nitrogen and oxygen atoms in total. The smallest absolute Gasteiger partial charge is 0.254 e. The van der Waals surface area contributed by atoms with Crippen molar-refractivity contribution >= 4 is 17.5 Å². The second-order valence-electron chi connectivity index (χ2n) is 6.62. The van der Waals surface area contributed by atoms with E-state index < -0.39 is 0 Å². The molecule has 0 unspecified atom stereocenters. The Bertz CT molecular complexity index is 784. The van der Waals surface area contributed by atoms with E-state index in [-0.39, 0.29) is 29.9 Å². The quantitative estimate of drug-likeness (QED) is 0.909. The molecule has 2 aliphatic rings. The third-order valence-corrected chi connectivity index (χ3v) is 5.00. The number of hydrogen-bond acceptors (Lipinski definition) is 5. The summed E-state index contributed by atoms with van der Waals surface area (Å²) in [4.78, 5) is 35.5. The van der Waals surface area contributed by atoms with Crippen molar-refractivity contribution in [2.75, 3.05) is 18.5 Å². The number of fused-ring (bicyclic) bond motifs is 1. The maximum absolute atomic E-state index is 13.0. The molecule has 0 spiro atoms. The minimum absolute atomic E-state index is 0.0260. The topological polar surface area (TPSA) is 84.4 Å². The molecule has 0 radical (unpaired) electrons. The van der Waals surface area contributed by atoms with Crippen molar-refractivity contribution < 1.29 is 14.3 Å². The first-order valence-electron chi connectivity index (χ1n) is 8.76. The van der Waals surface area contributed by atoms with Crippen LogP contribution >= 0.6 is 0 Å². The van der Waals surface area contributed by atoms with E-state index in [1.165, 1.54) is 0 Å². The maximum Gasteiger partial charge on any atom is 0.254 e. The van der Waals surface area contributed by atoms with Crippen LogP contribution in [0.25, 0.3) is 0 Å². The van der Waals surface area contributed by atoms with Crippen LogP contribution in [0.3, 0.4) is 0 Å². The van der Waals surface area contributed by atoms with Gasteiger partial charge in [0.1, 0.15) is 0 Å². The third-order valence-electron chi connectivity index (χ3n) is 5.00. The number of rotatable bonds is 3. The highest BCUT2D eigenvalue weighted by atomic mass is 16.5. The summed E-state index contributed by atoms with van der Waals surface area (Å²) in [6.07, 6.45) is 7.80. The molecule has 2 fully saturated rings. The number of hydrogen-bond donors (Lipinski definition) is 1. The van der Waals surface area contributed by atoms with Crippen molar-refractivity contribution in [1.29, 1.82) is 0 Å². The van der Waals surface area contributed by atoms with Crippen molar-refractivity contribution in [3.05, 3.63) is 54.6 Å². The second kappa shape index (κ2) is 7.21. The number of nitrogens with zero attached hydrogens (tertiary/aromatic N) is 3. The molecule has 4 rings (SSSR count). The van der Waals surface area contributed by atoms with Gasteiger partial charge in [-0.05, 0) is 37.1 Å². The summed E-state index contributed by atoms with van der Waals surface area (Å²) in [6, 6.07) is 6.99. The van der Waals surface area contributed by atoms with Gasteiger partial charge in [0.25, 0.3) is 5.91 Å². The Morgan fingerprint density at radius 2 is 2.00 bits per heavy atom. The minimum atomic E-state index is -0.319. The molecular formula is C19H20N4O3. The molecule has 4 heterocycles. The number of anilines is 1. The number of piperidine rings is 1. The molecule has 2 saturated heterocycles. The molecular weight excluding hydrogens is 332 g/mol. The Balaban J connectivity index is 1.53. The van der Waals surface area contributed by atoms with E-state index in [9.17, 15) is 9.59 Å². The van der Waals surface area contributed by atoms with Crippen LogP contribution in [-0.4, -0.2) is 52.0 Å².